The second kappa shape index (κ2) is 10.8. The molecule has 7 aromatic carbocycles. The number of fused-ring (bicyclic) bond motifs is 11. The van der Waals surface area contributed by atoms with Crippen LogP contribution in [-0.2, 0) is 0 Å². The summed E-state index contributed by atoms with van der Waals surface area (Å²) in [5.41, 5.74) is 10.2. The predicted octanol–water partition coefficient (Wildman–Crippen LogP) is 12.3. The highest BCUT2D eigenvalue weighted by atomic mass is 32.1. The second-order valence-electron chi connectivity index (χ2n) is 13.6. The van der Waals surface area contributed by atoms with E-state index in [1.807, 2.05) is 72.0 Å². The summed E-state index contributed by atoms with van der Waals surface area (Å²) in [5.74, 6) is 1.88. The summed E-state index contributed by atoms with van der Waals surface area (Å²) in [5, 5.41) is 7.52. The van der Waals surface area contributed by atoms with Crippen LogP contribution in [0.15, 0.2) is 164 Å². The minimum Gasteiger partial charge on any atom is -0.306 e. The molecule has 0 aliphatic carbocycles. The summed E-state index contributed by atoms with van der Waals surface area (Å²) in [6, 6.07) is 58.1. The van der Waals surface area contributed by atoms with E-state index < -0.39 is 0 Å². The lowest BCUT2D eigenvalue weighted by molar-refractivity contribution is 0.953. The summed E-state index contributed by atoms with van der Waals surface area (Å²) in [4.78, 5) is 15.1. The van der Waals surface area contributed by atoms with Crippen LogP contribution < -0.4 is 0 Å². The molecule has 5 nitrogen and oxygen atoms in total. The van der Waals surface area contributed by atoms with E-state index in [2.05, 4.69) is 112 Å². The van der Waals surface area contributed by atoms with Crippen LogP contribution in [0.2, 0.25) is 0 Å². The third kappa shape index (κ3) is 4.09. The number of rotatable bonds is 4. The molecule has 0 aliphatic rings. The molecule has 0 spiro atoms. The summed E-state index contributed by atoms with van der Waals surface area (Å²) in [6.07, 6.45) is 0. The van der Waals surface area contributed by atoms with Crippen LogP contribution in [0.1, 0.15) is 0 Å². The Balaban J connectivity index is 1.07. The number of thiophene rings is 1. The van der Waals surface area contributed by atoms with Gasteiger partial charge < -0.3 is 4.40 Å². The van der Waals surface area contributed by atoms with E-state index in [-0.39, 0.29) is 0 Å². The maximum absolute atomic E-state index is 5.10. The van der Waals surface area contributed by atoms with E-state index in [1.165, 1.54) is 58.6 Å². The molecule has 53 heavy (non-hydrogen) atoms. The number of hydrogen-bond acceptors (Lipinski definition) is 4. The lowest BCUT2D eigenvalue weighted by Crippen LogP contribution is -2.06. The molecule has 0 N–H and O–H groups in total. The van der Waals surface area contributed by atoms with Gasteiger partial charge in [-0.1, -0.05) is 127 Å². The van der Waals surface area contributed by atoms with Crippen molar-refractivity contribution in [1.29, 1.82) is 0 Å². The molecule has 0 saturated heterocycles. The molecule has 5 aromatic heterocycles. The van der Waals surface area contributed by atoms with Crippen LogP contribution in [0, 0.1) is 0 Å². The van der Waals surface area contributed by atoms with Crippen molar-refractivity contribution in [2.45, 2.75) is 0 Å². The van der Waals surface area contributed by atoms with Crippen molar-refractivity contribution in [3.05, 3.63) is 164 Å². The minimum absolute atomic E-state index is 0.594. The molecule has 12 rings (SSSR count). The van der Waals surface area contributed by atoms with Gasteiger partial charge >= 0.3 is 0 Å². The fourth-order valence-electron chi connectivity index (χ4n) is 8.37. The maximum atomic E-state index is 5.10. The molecular formula is C47H27N5S. The van der Waals surface area contributed by atoms with Crippen LogP contribution in [0.5, 0.6) is 0 Å². The first-order chi connectivity index (χ1) is 26.3. The number of para-hydroxylation sites is 2. The van der Waals surface area contributed by atoms with Crippen LogP contribution in [0.3, 0.4) is 0 Å². The number of nitrogens with zero attached hydrogens (tertiary/aromatic N) is 5. The topological polar surface area (TPSA) is 48.0 Å². The molecule has 0 aliphatic heterocycles. The van der Waals surface area contributed by atoms with E-state index in [0.717, 1.165) is 32.9 Å². The van der Waals surface area contributed by atoms with E-state index in [0.29, 0.717) is 17.6 Å². The summed E-state index contributed by atoms with van der Waals surface area (Å²) < 4.78 is 7.37. The fourth-order valence-corrected chi connectivity index (χ4v) is 9.58. The highest BCUT2D eigenvalue weighted by Gasteiger charge is 2.22. The second-order valence-corrected chi connectivity index (χ2v) is 14.7. The monoisotopic (exact) mass is 693 g/mol. The van der Waals surface area contributed by atoms with Crippen LogP contribution >= 0.6 is 11.3 Å². The van der Waals surface area contributed by atoms with Crippen molar-refractivity contribution in [2.75, 3.05) is 0 Å². The highest BCUT2D eigenvalue weighted by Crippen LogP contribution is 2.46. The average Bonchev–Trinajstić information content (AvgIpc) is 3.96. The van der Waals surface area contributed by atoms with Gasteiger partial charge in [-0.25, -0.2) is 4.98 Å². The Bertz CT molecular complexity index is 3330. The molecule has 0 fully saturated rings. The average molecular weight is 694 g/mol. The SMILES string of the molecule is c1ccc(-c2nc(-c3ccccc3)nc(-n3c4ccccc4c4cc(-c5ccc6c(c5)c5cccc7c8sc9ccccc9c8n6c57)ccc43)n2)cc1. The number of aromatic nitrogens is 5. The molecule has 0 amide bonds. The Morgan fingerprint density at radius 2 is 0.943 bits per heavy atom. The van der Waals surface area contributed by atoms with E-state index in [1.54, 1.807) is 0 Å². The zero-order chi connectivity index (χ0) is 34.6. The molecule has 5 heterocycles. The predicted molar refractivity (Wildman–Crippen MR) is 221 cm³/mol. The van der Waals surface area contributed by atoms with Crippen molar-refractivity contribution in [3.8, 4) is 39.9 Å². The van der Waals surface area contributed by atoms with Crippen LogP contribution in [-0.4, -0.2) is 23.9 Å². The molecule has 0 saturated carbocycles. The Labute approximate surface area is 307 Å². The van der Waals surface area contributed by atoms with Gasteiger partial charge in [-0.15, -0.1) is 11.3 Å². The Hall–Kier alpha value is -6.89. The Morgan fingerprint density at radius 1 is 0.377 bits per heavy atom. The number of hydrogen-bond donors (Lipinski definition) is 0. The molecule has 12 aromatic rings. The van der Waals surface area contributed by atoms with Gasteiger partial charge in [-0.05, 0) is 47.5 Å². The van der Waals surface area contributed by atoms with Gasteiger partial charge in [0.1, 0.15) is 0 Å². The first-order valence-electron chi connectivity index (χ1n) is 17.8. The number of benzene rings is 7. The Kier molecular flexibility index (Phi) is 5.87. The standard InChI is InChI=1S/C47H27N5S/c1-3-12-28(13-4-1)45-48-46(29-14-5-2-6-15-29)50-47(49-45)51-38-20-9-7-16-32(38)36-26-30(22-24-39(36)51)31-23-25-40-37(27-31)33-18-11-19-35-42(33)52(40)43-34-17-8-10-21-41(34)53-44(35)43/h1-27H. The van der Waals surface area contributed by atoms with Gasteiger partial charge in [-0.2, -0.15) is 9.97 Å². The molecule has 6 heteroatoms. The van der Waals surface area contributed by atoms with Gasteiger partial charge in [0.25, 0.3) is 0 Å². The maximum Gasteiger partial charge on any atom is 0.238 e. The lowest BCUT2D eigenvalue weighted by Gasteiger charge is -2.11. The van der Waals surface area contributed by atoms with E-state index >= 15 is 0 Å². The molecule has 0 unspecified atom stereocenters. The zero-order valence-corrected chi connectivity index (χ0v) is 29.0. The van der Waals surface area contributed by atoms with Crippen molar-refractivity contribution in [2.24, 2.45) is 0 Å². The van der Waals surface area contributed by atoms with Gasteiger partial charge in [0.15, 0.2) is 11.6 Å². The van der Waals surface area contributed by atoms with Gasteiger partial charge in [0.05, 0.1) is 32.3 Å². The molecule has 0 bridgehead atoms. The van der Waals surface area contributed by atoms with Crippen molar-refractivity contribution in [3.63, 3.8) is 0 Å². The van der Waals surface area contributed by atoms with Gasteiger partial charge in [-0.3, -0.25) is 4.57 Å². The summed E-state index contributed by atoms with van der Waals surface area (Å²) in [7, 11) is 0. The first kappa shape index (κ1) is 28.8. The smallest absolute Gasteiger partial charge is 0.238 e. The molecular weight excluding hydrogens is 667 g/mol. The van der Waals surface area contributed by atoms with Crippen molar-refractivity contribution in [1.82, 2.24) is 23.9 Å². The Morgan fingerprint density at radius 3 is 1.68 bits per heavy atom. The van der Waals surface area contributed by atoms with Crippen LogP contribution in [0.25, 0.3) is 109 Å². The molecule has 0 radical (unpaired) electrons. The first-order valence-corrected chi connectivity index (χ1v) is 18.6. The largest absolute Gasteiger partial charge is 0.306 e. The summed E-state index contributed by atoms with van der Waals surface area (Å²) in [6.45, 7) is 0. The highest BCUT2D eigenvalue weighted by molar-refractivity contribution is 7.26. The van der Waals surface area contributed by atoms with Gasteiger partial charge in [0.2, 0.25) is 5.95 Å². The minimum atomic E-state index is 0.594. The van der Waals surface area contributed by atoms with Gasteiger partial charge in [0, 0.05) is 48.1 Å². The molecule has 246 valence electrons. The van der Waals surface area contributed by atoms with Crippen LogP contribution in [0.4, 0.5) is 0 Å². The third-order valence-corrected chi connectivity index (χ3v) is 11.9. The van der Waals surface area contributed by atoms with E-state index in [9.17, 15) is 0 Å². The lowest BCUT2D eigenvalue weighted by atomic mass is 10.0. The normalized spacial score (nSPS) is 12.2. The van der Waals surface area contributed by atoms with Crippen molar-refractivity contribution >= 4 is 80.6 Å². The summed E-state index contributed by atoms with van der Waals surface area (Å²) >= 11 is 1.90. The quantitative estimate of drug-likeness (QED) is 0.184. The third-order valence-electron chi connectivity index (χ3n) is 10.7. The van der Waals surface area contributed by atoms with Crippen molar-refractivity contribution < 1.29 is 0 Å². The fraction of sp³-hybridized carbons (Fsp3) is 0. The zero-order valence-electron chi connectivity index (χ0n) is 28.2. The van der Waals surface area contributed by atoms with E-state index in [4.69, 9.17) is 15.0 Å². The molecule has 0 atom stereocenters.